The Labute approximate surface area is 164 Å². The first-order valence-corrected chi connectivity index (χ1v) is 10.4. The summed E-state index contributed by atoms with van der Waals surface area (Å²) in [4.78, 5) is 16.5. The molecule has 3 aromatic rings. The van der Waals surface area contributed by atoms with Crippen molar-refractivity contribution in [3.8, 4) is 22.8 Å². The lowest BCUT2D eigenvalue weighted by Crippen LogP contribution is -2.25. The molecule has 27 heavy (non-hydrogen) atoms. The van der Waals surface area contributed by atoms with Crippen LogP contribution in [0.25, 0.3) is 21.5 Å². The first kappa shape index (κ1) is 18.0. The summed E-state index contributed by atoms with van der Waals surface area (Å²) in [6.45, 7) is 4.89. The summed E-state index contributed by atoms with van der Waals surface area (Å²) < 4.78 is 11.8. The maximum Gasteiger partial charge on any atom is 0.231 e. The lowest BCUT2D eigenvalue weighted by atomic mass is 10.1. The normalized spacial score (nSPS) is 12.5. The third-order valence-corrected chi connectivity index (χ3v) is 5.88. The summed E-state index contributed by atoms with van der Waals surface area (Å²) in [6.07, 6.45) is 0.913. The van der Waals surface area contributed by atoms with Crippen LogP contribution < -0.4 is 14.8 Å². The molecule has 0 saturated heterocycles. The van der Waals surface area contributed by atoms with E-state index in [-0.39, 0.29) is 12.7 Å². The molecule has 140 valence electrons. The van der Waals surface area contributed by atoms with Gasteiger partial charge in [0.1, 0.15) is 16.2 Å². The van der Waals surface area contributed by atoms with Gasteiger partial charge in [-0.25, -0.2) is 4.98 Å². The third kappa shape index (κ3) is 3.70. The quantitative estimate of drug-likeness (QED) is 0.632. The fourth-order valence-corrected chi connectivity index (χ4v) is 4.44. The highest BCUT2D eigenvalue weighted by atomic mass is 32.2. The van der Waals surface area contributed by atoms with Gasteiger partial charge in [-0.05, 0) is 31.5 Å². The van der Waals surface area contributed by atoms with Crippen LogP contribution in [0, 0.1) is 6.92 Å². The molecule has 0 radical (unpaired) electrons. The van der Waals surface area contributed by atoms with Gasteiger partial charge >= 0.3 is 0 Å². The number of hydrogen-bond donors (Lipinski definition) is 1. The van der Waals surface area contributed by atoms with Crippen molar-refractivity contribution >= 4 is 39.2 Å². The van der Waals surface area contributed by atoms with Crippen molar-refractivity contribution < 1.29 is 14.3 Å². The number of aryl methyl sites for hydroxylation is 1. The number of aromatic nitrogens is 3. The van der Waals surface area contributed by atoms with Crippen molar-refractivity contribution in [3.63, 3.8) is 0 Å². The highest BCUT2D eigenvalue weighted by Gasteiger charge is 2.19. The zero-order valence-corrected chi connectivity index (χ0v) is 16.6. The minimum atomic E-state index is -0.0106. The summed E-state index contributed by atoms with van der Waals surface area (Å²) >= 11 is 2.93. The topological polar surface area (TPSA) is 86.2 Å². The number of benzene rings is 1. The number of nitrogens with zero attached hydrogens (tertiary/aromatic N) is 3. The predicted octanol–water partition coefficient (Wildman–Crippen LogP) is 3.41. The van der Waals surface area contributed by atoms with Gasteiger partial charge in [0, 0.05) is 12.1 Å². The molecule has 2 aromatic heterocycles. The molecule has 1 aromatic carbocycles. The van der Waals surface area contributed by atoms with E-state index in [1.165, 1.54) is 11.8 Å². The summed E-state index contributed by atoms with van der Waals surface area (Å²) in [5, 5.41) is 13.2. The van der Waals surface area contributed by atoms with E-state index < -0.39 is 0 Å². The van der Waals surface area contributed by atoms with E-state index in [0.29, 0.717) is 23.1 Å². The Hall–Kier alpha value is -2.39. The SMILES string of the molecule is CCCNC(=O)CSc1nnc(-c2ccc3c(c2)OCO3)c2sc(C)nc12. The Morgan fingerprint density at radius 1 is 1.30 bits per heavy atom. The molecule has 4 rings (SSSR count). The van der Waals surface area contributed by atoms with E-state index in [9.17, 15) is 4.79 Å². The van der Waals surface area contributed by atoms with Crippen molar-refractivity contribution in [1.82, 2.24) is 20.5 Å². The Balaban J connectivity index is 1.65. The second kappa shape index (κ2) is 7.69. The second-order valence-electron chi connectivity index (χ2n) is 5.97. The zero-order valence-electron chi connectivity index (χ0n) is 14.9. The zero-order chi connectivity index (χ0) is 18.8. The summed E-state index contributed by atoms with van der Waals surface area (Å²) in [7, 11) is 0. The Morgan fingerprint density at radius 2 is 2.15 bits per heavy atom. The smallest absolute Gasteiger partial charge is 0.231 e. The monoisotopic (exact) mass is 402 g/mol. The van der Waals surface area contributed by atoms with Crippen LogP contribution in [0.2, 0.25) is 0 Å². The van der Waals surface area contributed by atoms with E-state index >= 15 is 0 Å². The molecule has 3 heterocycles. The van der Waals surface area contributed by atoms with Crippen molar-refractivity contribution in [2.45, 2.75) is 25.3 Å². The van der Waals surface area contributed by atoms with Crippen LogP contribution in [0.4, 0.5) is 0 Å². The predicted molar refractivity (Wildman–Crippen MR) is 106 cm³/mol. The number of fused-ring (bicyclic) bond motifs is 2. The Kier molecular flexibility index (Phi) is 5.13. The molecule has 1 N–H and O–H groups in total. The minimum absolute atomic E-state index is 0.0106. The molecule has 0 atom stereocenters. The van der Waals surface area contributed by atoms with Crippen molar-refractivity contribution in [2.75, 3.05) is 19.1 Å². The number of thiazole rings is 1. The first-order valence-electron chi connectivity index (χ1n) is 8.59. The lowest BCUT2D eigenvalue weighted by Gasteiger charge is -2.06. The highest BCUT2D eigenvalue weighted by Crippen LogP contribution is 2.39. The van der Waals surface area contributed by atoms with Crippen molar-refractivity contribution in [3.05, 3.63) is 23.2 Å². The molecular weight excluding hydrogens is 384 g/mol. The molecule has 0 unspecified atom stereocenters. The van der Waals surface area contributed by atoms with E-state index in [4.69, 9.17) is 9.47 Å². The van der Waals surface area contributed by atoms with Gasteiger partial charge in [0.25, 0.3) is 0 Å². The minimum Gasteiger partial charge on any atom is -0.454 e. The Bertz CT molecular complexity index is 1010. The van der Waals surface area contributed by atoms with Crippen LogP contribution in [0.1, 0.15) is 18.4 Å². The van der Waals surface area contributed by atoms with Crippen LogP contribution >= 0.6 is 23.1 Å². The van der Waals surface area contributed by atoms with E-state index in [0.717, 1.165) is 38.7 Å². The Morgan fingerprint density at radius 3 is 3.00 bits per heavy atom. The van der Waals surface area contributed by atoms with Crippen LogP contribution in [0.3, 0.4) is 0 Å². The van der Waals surface area contributed by atoms with Gasteiger partial charge in [0.2, 0.25) is 12.7 Å². The van der Waals surface area contributed by atoms with Crippen LogP contribution in [0.5, 0.6) is 11.5 Å². The van der Waals surface area contributed by atoms with Gasteiger partial charge in [-0.3, -0.25) is 4.79 Å². The van der Waals surface area contributed by atoms with E-state index in [1.807, 2.05) is 32.0 Å². The summed E-state index contributed by atoms with van der Waals surface area (Å²) in [5.74, 6) is 1.72. The van der Waals surface area contributed by atoms with Crippen molar-refractivity contribution in [1.29, 1.82) is 0 Å². The van der Waals surface area contributed by atoms with Crippen LogP contribution in [0.15, 0.2) is 23.2 Å². The molecular formula is C18H18N4O3S2. The van der Waals surface area contributed by atoms with Crippen LogP contribution in [-0.2, 0) is 4.79 Å². The lowest BCUT2D eigenvalue weighted by molar-refractivity contribution is -0.118. The van der Waals surface area contributed by atoms with Gasteiger partial charge < -0.3 is 14.8 Å². The number of carbonyl (C=O) groups excluding carboxylic acids is 1. The second-order valence-corrected chi connectivity index (χ2v) is 8.14. The summed E-state index contributed by atoms with van der Waals surface area (Å²) in [6, 6.07) is 5.72. The van der Waals surface area contributed by atoms with E-state index in [1.54, 1.807) is 11.3 Å². The summed E-state index contributed by atoms with van der Waals surface area (Å²) in [5.41, 5.74) is 2.44. The number of ether oxygens (including phenoxy) is 2. The molecule has 1 amide bonds. The van der Waals surface area contributed by atoms with Gasteiger partial charge in [-0.15, -0.1) is 21.5 Å². The molecule has 9 heteroatoms. The molecule has 7 nitrogen and oxygen atoms in total. The fraction of sp³-hybridized carbons (Fsp3) is 0.333. The number of rotatable bonds is 6. The van der Waals surface area contributed by atoms with Gasteiger partial charge in [-0.2, -0.15) is 0 Å². The van der Waals surface area contributed by atoms with E-state index in [2.05, 4.69) is 20.5 Å². The number of amides is 1. The molecule has 0 saturated carbocycles. The number of thioether (sulfide) groups is 1. The van der Waals surface area contributed by atoms with Crippen LogP contribution in [-0.4, -0.2) is 40.2 Å². The average molecular weight is 403 g/mol. The van der Waals surface area contributed by atoms with Gasteiger partial charge in [0.15, 0.2) is 11.5 Å². The number of carbonyl (C=O) groups is 1. The molecule has 0 bridgehead atoms. The van der Waals surface area contributed by atoms with Gasteiger partial charge in [0.05, 0.1) is 15.5 Å². The molecule has 0 aliphatic carbocycles. The molecule has 0 fully saturated rings. The molecule has 1 aliphatic heterocycles. The number of nitrogens with one attached hydrogen (secondary N) is 1. The van der Waals surface area contributed by atoms with Crippen molar-refractivity contribution in [2.24, 2.45) is 0 Å². The van der Waals surface area contributed by atoms with Gasteiger partial charge in [-0.1, -0.05) is 18.7 Å². The standard InChI is InChI=1S/C18H18N4O3S2/c1-3-6-19-14(23)8-26-18-16-17(27-10(2)20-16)15(21-22-18)11-4-5-12-13(7-11)25-9-24-12/h4-5,7H,3,6,8-9H2,1-2H3,(H,19,23). The third-order valence-electron chi connectivity index (χ3n) is 3.95. The largest absolute Gasteiger partial charge is 0.454 e. The molecule has 1 aliphatic rings. The number of hydrogen-bond acceptors (Lipinski definition) is 8. The average Bonchev–Trinajstić information content (AvgIpc) is 3.29. The maximum absolute atomic E-state index is 11.9. The maximum atomic E-state index is 11.9. The fourth-order valence-electron chi connectivity index (χ4n) is 2.70. The first-order chi connectivity index (χ1) is 13.2. The highest BCUT2D eigenvalue weighted by molar-refractivity contribution is 8.00. The molecule has 0 spiro atoms.